The van der Waals surface area contributed by atoms with Crippen molar-refractivity contribution in [2.45, 2.75) is 26.7 Å². The number of hydrogen-bond donors (Lipinski definition) is 0. The Morgan fingerprint density at radius 2 is 2.00 bits per heavy atom. The fourth-order valence-corrected chi connectivity index (χ4v) is 1.47. The van der Waals surface area contributed by atoms with Crippen LogP contribution in [-0.4, -0.2) is 12.6 Å². The first kappa shape index (κ1) is 12.5. The molecule has 0 N–H and O–H groups in total. The third kappa shape index (κ3) is 3.89. The van der Waals surface area contributed by atoms with Crippen LogP contribution in [-0.2, 0) is 16.0 Å². The van der Waals surface area contributed by atoms with Crippen LogP contribution >= 0.6 is 0 Å². The fraction of sp³-hybridized carbons (Fsp3) is 0.357. The Bertz CT molecular complexity index is 352. The predicted octanol–water partition coefficient (Wildman–Crippen LogP) is 3.13. The average Bonchev–Trinajstić information content (AvgIpc) is 2.32. The highest BCUT2D eigenvalue weighted by Gasteiger charge is 2.06. The van der Waals surface area contributed by atoms with Crippen molar-refractivity contribution in [3.05, 3.63) is 47.5 Å². The molecule has 0 aromatic heterocycles. The SMILES string of the molecule is CC=C(CC)C(=O)OCCc1ccccc1. The summed E-state index contributed by atoms with van der Waals surface area (Å²) in [5.74, 6) is -0.194. The van der Waals surface area contributed by atoms with Gasteiger partial charge in [-0.2, -0.15) is 0 Å². The number of ether oxygens (including phenoxy) is 1. The van der Waals surface area contributed by atoms with Gasteiger partial charge in [0.15, 0.2) is 0 Å². The van der Waals surface area contributed by atoms with Crippen LogP contribution in [0.5, 0.6) is 0 Å². The van der Waals surface area contributed by atoms with Gasteiger partial charge in [0, 0.05) is 12.0 Å². The lowest BCUT2D eigenvalue weighted by Crippen LogP contribution is -2.09. The van der Waals surface area contributed by atoms with Crippen molar-refractivity contribution in [3.8, 4) is 0 Å². The monoisotopic (exact) mass is 218 g/mol. The van der Waals surface area contributed by atoms with E-state index in [0.717, 1.165) is 18.4 Å². The van der Waals surface area contributed by atoms with E-state index in [4.69, 9.17) is 4.74 Å². The highest BCUT2D eigenvalue weighted by atomic mass is 16.5. The van der Waals surface area contributed by atoms with Gasteiger partial charge in [-0.05, 0) is 18.9 Å². The molecule has 0 amide bonds. The molecule has 0 saturated carbocycles. The first-order valence-corrected chi connectivity index (χ1v) is 5.64. The van der Waals surface area contributed by atoms with E-state index in [9.17, 15) is 4.79 Å². The molecule has 2 heteroatoms. The van der Waals surface area contributed by atoms with Crippen LogP contribution in [0, 0.1) is 0 Å². The third-order valence-electron chi connectivity index (χ3n) is 2.46. The Balaban J connectivity index is 2.34. The Morgan fingerprint density at radius 3 is 2.56 bits per heavy atom. The van der Waals surface area contributed by atoms with Crippen molar-refractivity contribution in [2.75, 3.05) is 6.61 Å². The van der Waals surface area contributed by atoms with Gasteiger partial charge < -0.3 is 4.74 Å². The largest absolute Gasteiger partial charge is 0.462 e. The van der Waals surface area contributed by atoms with Gasteiger partial charge in [-0.25, -0.2) is 4.79 Å². The molecule has 0 spiro atoms. The molecule has 0 aliphatic rings. The minimum absolute atomic E-state index is 0.194. The van der Waals surface area contributed by atoms with Crippen molar-refractivity contribution in [2.24, 2.45) is 0 Å². The molecule has 0 fully saturated rings. The number of allylic oxidation sites excluding steroid dienone is 1. The molecule has 0 heterocycles. The van der Waals surface area contributed by atoms with Crippen molar-refractivity contribution >= 4 is 5.97 Å². The summed E-state index contributed by atoms with van der Waals surface area (Å²) in [4.78, 5) is 11.5. The van der Waals surface area contributed by atoms with E-state index in [2.05, 4.69) is 0 Å². The van der Waals surface area contributed by atoms with E-state index in [1.54, 1.807) is 0 Å². The predicted molar refractivity (Wildman–Crippen MR) is 65.2 cm³/mol. The molecule has 1 aromatic rings. The molecule has 0 unspecified atom stereocenters. The molecule has 1 rings (SSSR count). The molecular weight excluding hydrogens is 200 g/mol. The maximum Gasteiger partial charge on any atom is 0.333 e. The Morgan fingerprint density at radius 1 is 1.31 bits per heavy atom. The third-order valence-corrected chi connectivity index (χ3v) is 2.46. The average molecular weight is 218 g/mol. The lowest BCUT2D eigenvalue weighted by atomic mass is 10.2. The van der Waals surface area contributed by atoms with E-state index in [-0.39, 0.29) is 5.97 Å². The topological polar surface area (TPSA) is 26.3 Å². The lowest BCUT2D eigenvalue weighted by Gasteiger charge is -2.06. The Kier molecular flexibility index (Phi) is 5.34. The zero-order valence-electron chi connectivity index (χ0n) is 9.90. The fourth-order valence-electron chi connectivity index (χ4n) is 1.47. The second-order valence-corrected chi connectivity index (χ2v) is 3.54. The van der Waals surface area contributed by atoms with Crippen molar-refractivity contribution in [1.82, 2.24) is 0 Å². The second kappa shape index (κ2) is 6.83. The summed E-state index contributed by atoms with van der Waals surface area (Å²) in [6.07, 6.45) is 3.30. The molecule has 0 saturated heterocycles. The number of hydrogen-bond acceptors (Lipinski definition) is 2. The maximum absolute atomic E-state index is 11.5. The van der Waals surface area contributed by atoms with Crippen LogP contribution < -0.4 is 0 Å². The van der Waals surface area contributed by atoms with E-state index in [1.807, 2.05) is 50.3 Å². The standard InChI is InChI=1S/C14H18O2/c1-3-13(4-2)14(15)16-11-10-12-8-6-5-7-9-12/h3,5-9H,4,10-11H2,1-2H3. The number of rotatable bonds is 5. The number of carbonyl (C=O) groups excluding carboxylic acids is 1. The molecule has 0 bridgehead atoms. The van der Waals surface area contributed by atoms with Crippen LogP contribution in [0.4, 0.5) is 0 Å². The van der Waals surface area contributed by atoms with E-state index >= 15 is 0 Å². The zero-order valence-corrected chi connectivity index (χ0v) is 9.90. The smallest absolute Gasteiger partial charge is 0.333 e. The highest BCUT2D eigenvalue weighted by molar-refractivity contribution is 5.88. The van der Waals surface area contributed by atoms with Gasteiger partial charge in [-0.1, -0.05) is 43.3 Å². The Labute approximate surface area is 96.9 Å². The van der Waals surface area contributed by atoms with Gasteiger partial charge >= 0.3 is 5.97 Å². The molecule has 86 valence electrons. The molecule has 2 nitrogen and oxygen atoms in total. The number of carbonyl (C=O) groups is 1. The zero-order chi connectivity index (χ0) is 11.8. The molecule has 16 heavy (non-hydrogen) atoms. The summed E-state index contributed by atoms with van der Waals surface area (Å²) in [6, 6.07) is 10.0. The van der Waals surface area contributed by atoms with E-state index < -0.39 is 0 Å². The van der Waals surface area contributed by atoms with Crippen LogP contribution in [0.3, 0.4) is 0 Å². The molecule has 0 aliphatic carbocycles. The van der Waals surface area contributed by atoms with Crippen LogP contribution in [0.25, 0.3) is 0 Å². The summed E-state index contributed by atoms with van der Waals surface area (Å²) in [5.41, 5.74) is 1.93. The molecule has 0 radical (unpaired) electrons. The van der Waals surface area contributed by atoms with Gasteiger partial charge in [-0.3, -0.25) is 0 Å². The minimum Gasteiger partial charge on any atom is -0.462 e. The first-order valence-electron chi connectivity index (χ1n) is 5.64. The lowest BCUT2D eigenvalue weighted by molar-refractivity contribution is -0.139. The second-order valence-electron chi connectivity index (χ2n) is 3.54. The van der Waals surface area contributed by atoms with Gasteiger partial charge in [0.2, 0.25) is 0 Å². The molecule has 1 aromatic carbocycles. The van der Waals surface area contributed by atoms with Gasteiger partial charge in [-0.15, -0.1) is 0 Å². The summed E-state index contributed by atoms with van der Waals surface area (Å²) >= 11 is 0. The summed E-state index contributed by atoms with van der Waals surface area (Å²) < 4.78 is 5.18. The highest BCUT2D eigenvalue weighted by Crippen LogP contribution is 2.05. The van der Waals surface area contributed by atoms with E-state index in [1.165, 1.54) is 5.56 Å². The number of esters is 1. The molecular formula is C14H18O2. The number of benzene rings is 1. The van der Waals surface area contributed by atoms with Gasteiger partial charge in [0.05, 0.1) is 6.61 Å². The molecule has 0 aliphatic heterocycles. The van der Waals surface area contributed by atoms with Crippen LogP contribution in [0.15, 0.2) is 42.0 Å². The van der Waals surface area contributed by atoms with Gasteiger partial charge in [0.25, 0.3) is 0 Å². The maximum atomic E-state index is 11.5. The van der Waals surface area contributed by atoms with Crippen LogP contribution in [0.2, 0.25) is 0 Å². The van der Waals surface area contributed by atoms with Crippen molar-refractivity contribution in [3.63, 3.8) is 0 Å². The quantitative estimate of drug-likeness (QED) is 0.560. The van der Waals surface area contributed by atoms with E-state index in [0.29, 0.717) is 6.61 Å². The normalized spacial score (nSPS) is 11.2. The first-order chi connectivity index (χ1) is 7.77. The van der Waals surface area contributed by atoms with Crippen molar-refractivity contribution in [1.29, 1.82) is 0 Å². The summed E-state index contributed by atoms with van der Waals surface area (Å²) in [6.45, 7) is 4.26. The summed E-state index contributed by atoms with van der Waals surface area (Å²) in [5, 5.41) is 0. The summed E-state index contributed by atoms with van der Waals surface area (Å²) in [7, 11) is 0. The van der Waals surface area contributed by atoms with Gasteiger partial charge in [0.1, 0.15) is 0 Å². The van der Waals surface area contributed by atoms with Crippen molar-refractivity contribution < 1.29 is 9.53 Å². The minimum atomic E-state index is -0.194. The Hall–Kier alpha value is -1.57. The molecule has 0 atom stereocenters. The van der Waals surface area contributed by atoms with Crippen LogP contribution in [0.1, 0.15) is 25.8 Å².